The van der Waals surface area contributed by atoms with Crippen molar-refractivity contribution in [1.82, 2.24) is 9.97 Å². The molecule has 1 aromatic heterocycles. The molecule has 4 rings (SSSR count). The Morgan fingerprint density at radius 2 is 1.72 bits per heavy atom. The van der Waals surface area contributed by atoms with Gasteiger partial charge in [-0.3, -0.25) is 4.72 Å². The van der Waals surface area contributed by atoms with Crippen molar-refractivity contribution in [3.05, 3.63) is 95.3 Å². The van der Waals surface area contributed by atoms with Gasteiger partial charge in [0, 0.05) is 21.5 Å². The maximum Gasteiger partial charge on any atom is 0.237 e. The van der Waals surface area contributed by atoms with Gasteiger partial charge in [-0.25, -0.2) is 9.37 Å². The number of rotatable bonds is 7. The van der Waals surface area contributed by atoms with Crippen LogP contribution in [0.15, 0.2) is 83.8 Å². The molecule has 0 unspecified atom stereocenters. The summed E-state index contributed by atoms with van der Waals surface area (Å²) in [5.41, 5.74) is 2.81. The van der Waals surface area contributed by atoms with Gasteiger partial charge in [-0.1, -0.05) is 67.9 Å². The van der Waals surface area contributed by atoms with E-state index in [0.717, 1.165) is 16.0 Å². The lowest BCUT2D eigenvalue weighted by Gasteiger charge is -2.15. The minimum atomic E-state index is -0.460. The molecule has 4 aromatic rings. The molecule has 0 atom stereocenters. The van der Waals surface area contributed by atoms with E-state index in [2.05, 4.69) is 29.6 Å². The lowest BCUT2D eigenvalue weighted by Crippen LogP contribution is -2.01. The van der Waals surface area contributed by atoms with Gasteiger partial charge in [0.15, 0.2) is 11.6 Å². The molecule has 0 aliphatic heterocycles. The van der Waals surface area contributed by atoms with E-state index in [1.165, 1.54) is 18.0 Å². The smallest absolute Gasteiger partial charge is 0.237 e. The summed E-state index contributed by atoms with van der Waals surface area (Å²) in [6.45, 7) is 4.26. The van der Waals surface area contributed by atoms with Crippen LogP contribution in [0.1, 0.15) is 25.3 Å². The van der Waals surface area contributed by atoms with Gasteiger partial charge < -0.3 is 4.74 Å². The van der Waals surface area contributed by atoms with Crippen molar-refractivity contribution >= 4 is 29.5 Å². The first-order valence-corrected chi connectivity index (χ1v) is 11.3. The summed E-state index contributed by atoms with van der Waals surface area (Å²) in [5.74, 6) is 0.528. The molecule has 3 aromatic carbocycles. The van der Waals surface area contributed by atoms with E-state index in [-0.39, 0.29) is 11.6 Å². The summed E-state index contributed by atoms with van der Waals surface area (Å²) in [7, 11) is 0. The van der Waals surface area contributed by atoms with Crippen LogP contribution < -0.4 is 9.46 Å². The molecule has 0 spiro atoms. The number of aromatic nitrogens is 2. The maximum absolute atomic E-state index is 14.2. The van der Waals surface area contributed by atoms with Crippen LogP contribution in [-0.2, 0) is 0 Å². The Bertz CT molecular complexity index is 1240. The van der Waals surface area contributed by atoms with E-state index in [0.29, 0.717) is 22.6 Å². The molecule has 162 valence electrons. The van der Waals surface area contributed by atoms with Gasteiger partial charge in [0.1, 0.15) is 0 Å². The van der Waals surface area contributed by atoms with Gasteiger partial charge in [-0.05, 0) is 53.8 Å². The van der Waals surface area contributed by atoms with Crippen LogP contribution in [0.3, 0.4) is 0 Å². The summed E-state index contributed by atoms with van der Waals surface area (Å²) in [5, 5.41) is 0.640. The highest BCUT2D eigenvalue weighted by atomic mass is 35.5. The second-order valence-corrected chi connectivity index (χ2v) is 8.67. The lowest BCUT2D eigenvalue weighted by atomic mass is 9.95. The molecular weight excluding hydrogens is 445 g/mol. The Morgan fingerprint density at radius 3 is 2.50 bits per heavy atom. The van der Waals surface area contributed by atoms with Crippen LogP contribution in [-0.4, -0.2) is 9.97 Å². The van der Waals surface area contributed by atoms with E-state index in [1.54, 1.807) is 24.3 Å². The highest BCUT2D eigenvalue weighted by Crippen LogP contribution is 2.33. The second kappa shape index (κ2) is 10.0. The zero-order chi connectivity index (χ0) is 22.5. The van der Waals surface area contributed by atoms with Gasteiger partial charge in [0.25, 0.3) is 0 Å². The third kappa shape index (κ3) is 5.39. The number of hydrogen-bond acceptors (Lipinski definition) is 5. The van der Waals surface area contributed by atoms with E-state index >= 15 is 0 Å². The predicted octanol–water partition coefficient (Wildman–Crippen LogP) is 7.97. The minimum absolute atomic E-state index is 0.0998. The highest BCUT2D eigenvalue weighted by Gasteiger charge is 2.14. The maximum atomic E-state index is 14.2. The number of benzene rings is 3. The Morgan fingerprint density at radius 1 is 0.938 bits per heavy atom. The van der Waals surface area contributed by atoms with Gasteiger partial charge in [0.2, 0.25) is 11.8 Å². The molecule has 0 aliphatic carbocycles. The molecule has 1 heterocycles. The summed E-state index contributed by atoms with van der Waals surface area (Å²) >= 11 is 7.41. The van der Waals surface area contributed by atoms with Crippen molar-refractivity contribution in [2.24, 2.45) is 0 Å². The quantitative estimate of drug-likeness (QED) is 0.280. The second-order valence-electron chi connectivity index (χ2n) is 7.35. The van der Waals surface area contributed by atoms with Crippen LogP contribution in [0.2, 0.25) is 5.02 Å². The number of nitrogens with one attached hydrogen (secondary N) is 1. The van der Waals surface area contributed by atoms with Crippen LogP contribution in [0, 0.1) is 5.82 Å². The monoisotopic (exact) mass is 465 g/mol. The first-order valence-electron chi connectivity index (χ1n) is 10.1. The SMILES string of the molecule is CC(C)c1ccccc1-c1cc(Oc2ccccc2F)nc(NSc2cccc(Cl)c2)n1. The molecule has 7 heteroatoms. The average Bonchev–Trinajstić information content (AvgIpc) is 2.79. The number of nitrogens with zero attached hydrogens (tertiary/aromatic N) is 2. The van der Waals surface area contributed by atoms with Crippen LogP contribution in [0.5, 0.6) is 11.6 Å². The van der Waals surface area contributed by atoms with Crippen LogP contribution in [0.4, 0.5) is 10.3 Å². The van der Waals surface area contributed by atoms with Crippen molar-refractivity contribution in [1.29, 1.82) is 0 Å². The van der Waals surface area contributed by atoms with Crippen molar-refractivity contribution < 1.29 is 9.13 Å². The summed E-state index contributed by atoms with van der Waals surface area (Å²) in [4.78, 5) is 10.0. The minimum Gasteiger partial charge on any atom is -0.436 e. The third-order valence-corrected chi connectivity index (χ3v) is 5.68. The van der Waals surface area contributed by atoms with E-state index in [1.807, 2.05) is 42.5 Å². The predicted molar refractivity (Wildman–Crippen MR) is 129 cm³/mol. The van der Waals surface area contributed by atoms with Gasteiger partial charge in [-0.15, -0.1) is 0 Å². The van der Waals surface area contributed by atoms with Crippen molar-refractivity contribution in [3.8, 4) is 22.9 Å². The van der Waals surface area contributed by atoms with E-state index in [4.69, 9.17) is 21.3 Å². The Hall–Kier alpha value is -3.09. The standard InChI is InChI=1S/C25H21ClFN3OS/c1-16(2)19-10-3-4-11-20(19)22-15-24(31-23-13-6-5-12-21(23)27)29-25(28-22)30-32-18-9-7-8-17(26)14-18/h3-16H,1-2H3,(H,28,29,30). The number of anilines is 1. The molecule has 0 saturated heterocycles. The molecular formula is C25H21ClFN3OS. The Labute approximate surface area is 196 Å². The molecule has 0 aliphatic rings. The van der Waals surface area contributed by atoms with Gasteiger partial charge in [0.05, 0.1) is 5.69 Å². The first kappa shape index (κ1) is 22.1. The Balaban J connectivity index is 1.72. The fraction of sp³-hybridized carbons (Fsp3) is 0.120. The van der Waals surface area contributed by atoms with E-state index < -0.39 is 5.82 Å². The van der Waals surface area contributed by atoms with Crippen molar-refractivity contribution in [2.75, 3.05) is 4.72 Å². The molecule has 1 N–H and O–H groups in total. The largest absolute Gasteiger partial charge is 0.436 e. The summed E-state index contributed by atoms with van der Waals surface area (Å²) in [6.07, 6.45) is 0. The fourth-order valence-corrected chi connectivity index (χ4v) is 4.06. The highest BCUT2D eigenvalue weighted by molar-refractivity contribution is 8.00. The molecule has 0 fully saturated rings. The molecule has 4 nitrogen and oxygen atoms in total. The average molecular weight is 466 g/mol. The Kier molecular flexibility index (Phi) is 6.93. The summed E-state index contributed by atoms with van der Waals surface area (Å²) in [6, 6.07) is 23.5. The number of halogens is 2. The van der Waals surface area contributed by atoms with Crippen molar-refractivity contribution in [3.63, 3.8) is 0 Å². The van der Waals surface area contributed by atoms with Gasteiger partial charge in [-0.2, -0.15) is 4.98 Å². The number of para-hydroxylation sites is 1. The van der Waals surface area contributed by atoms with Crippen molar-refractivity contribution in [2.45, 2.75) is 24.7 Å². The van der Waals surface area contributed by atoms with Crippen LogP contribution in [0.25, 0.3) is 11.3 Å². The van der Waals surface area contributed by atoms with Gasteiger partial charge >= 0.3 is 0 Å². The summed E-state index contributed by atoms with van der Waals surface area (Å²) < 4.78 is 23.1. The third-order valence-electron chi connectivity index (χ3n) is 4.67. The normalized spacial score (nSPS) is 10.9. The van der Waals surface area contributed by atoms with E-state index in [9.17, 15) is 4.39 Å². The first-order chi connectivity index (χ1) is 15.5. The number of hydrogen-bond donors (Lipinski definition) is 1. The molecule has 0 bridgehead atoms. The molecule has 0 saturated carbocycles. The molecule has 0 amide bonds. The molecule has 0 radical (unpaired) electrons. The zero-order valence-electron chi connectivity index (χ0n) is 17.5. The fourth-order valence-electron chi connectivity index (χ4n) is 3.17. The molecule has 32 heavy (non-hydrogen) atoms. The number of ether oxygens (including phenoxy) is 1. The van der Waals surface area contributed by atoms with Crippen LogP contribution >= 0.6 is 23.5 Å². The lowest BCUT2D eigenvalue weighted by molar-refractivity contribution is 0.427. The topological polar surface area (TPSA) is 47.0 Å². The zero-order valence-corrected chi connectivity index (χ0v) is 19.1.